The highest BCUT2D eigenvalue weighted by atomic mass is 32.2. The third-order valence-corrected chi connectivity index (χ3v) is 4.86. The molecule has 2 N–H and O–H groups in total. The summed E-state index contributed by atoms with van der Waals surface area (Å²) in [6.07, 6.45) is 4.18. The minimum Gasteiger partial charge on any atom is -0.318 e. The van der Waals surface area contributed by atoms with E-state index in [9.17, 15) is 8.42 Å². The second kappa shape index (κ2) is 4.08. The summed E-state index contributed by atoms with van der Waals surface area (Å²) in [5.41, 5.74) is 0. The summed E-state index contributed by atoms with van der Waals surface area (Å²) in [7, 11) is -3.42. The first kappa shape index (κ1) is 11.2. The van der Waals surface area contributed by atoms with Crippen LogP contribution in [0.15, 0.2) is 11.2 Å². The number of aryl methyl sites for hydroxylation is 1. The van der Waals surface area contributed by atoms with Crippen LogP contribution >= 0.6 is 0 Å². The fraction of sp³-hybridized carbons (Fsp3) is 0.700. The SMILES string of the molecule is O=S(=O)(NC1CCNC1)c1cnc2n1CCC2. The number of nitrogens with zero attached hydrogens (tertiary/aromatic N) is 2. The molecule has 0 aliphatic carbocycles. The zero-order valence-electron chi connectivity index (χ0n) is 9.52. The highest BCUT2D eigenvalue weighted by Crippen LogP contribution is 2.20. The van der Waals surface area contributed by atoms with Gasteiger partial charge in [0.25, 0.3) is 10.0 Å². The van der Waals surface area contributed by atoms with Gasteiger partial charge in [-0.25, -0.2) is 18.1 Å². The van der Waals surface area contributed by atoms with Gasteiger partial charge in [-0.05, 0) is 19.4 Å². The molecule has 0 radical (unpaired) electrons. The van der Waals surface area contributed by atoms with Crippen molar-refractivity contribution < 1.29 is 8.42 Å². The van der Waals surface area contributed by atoms with Gasteiger partial charge in [0.05, 0.1) is 6.20 Å². The van der Waals surface area contributed by atoms with Crippen LogP contribution in [0.4, 0.5) is 0 Å². The Balaban J connectivity index is 1.86. The van der Waals surface area contributed by atoms with Gasteiger partial charge in [-0.2, -0.15) is 0 Å². The monoisotopic (exact) mass is 256 g/mol. The van der Waals surface area contributed by atoms with Gasteiger partial charge in [-0.15, -0.1) is 0 Å². The van der Waals surface area contributed by atoms with Crippen molar-refractivity contribution in [1.82, 2.24) is 19.6 Å². The molecule has 1 atom stereocenters. The van der Waals surface area contributed by atoms with Crippen LogP contribution in [0.2, 0.25) is 0 Å². The van der Waals surface area contributed by atoms with Crippen LogP contribution in [0.3, 0.4) is 0 Å². The van der Waals surface area contributed by atoms with E-state index < -0.39 is 10.0 Å². The van der Waals surface area contributed by atoms with Crippen molar-refractivity contribution in [3.63, 3.8) is 0 Å². The molecule has 6 nitrogen and oxygen atoms in total. The van der Waals surface area contributed by atoms with Crippen LogP contribution in [0.1, 0.15) is 18.7 Å². The number of fused-ring (bicyclic) bond motifs is 1. The molecular formula is C10H16N4O2S. The van der Waals surface area contributed by atoms with Crippen molar-refractivity contribution in [3.05, 3.63) is 12.0 Å². The van der Waals surface area contributed by atoms with Crippen molar-refractivity contribution in [1.29, 1.82) is 0 Å². The van der Waals surface area contributed by atoms with Crippen LogP contribution in [-0.2, 0) is 23.0 Å². The maximum atomic E-state index is 12.2. The average molecular weight is 256 g/mol. The molecule has 94 valence electrons. The Bertz CT molecular complexity index is 516. The zero-order chi connectivity index (χ0) is 11.9. The van der Waals surface area contributed by atoms with Crippen molar-refractivity contribution >= 4 is 10.0 Å². The second-order valence-corrected chi connectivity index (χ2v) is 6.24. The summed E-state index contributed by atoms with van der Waals surface area (Å²) < 4.78 is 29.0. The van der Waals surface area contributed by atoms with Crippen LogP contribution in [0, 0.1) is 0 Å². The molecule has 0 saturated carbocycles. The Morgan fingerprint density at radius 1 is 1.53 bits per heavy atom. The molecule has 0 bridgehead atoms. The lowest BCUT2D eigenvalue weighted by atomic mass is 10.3. The predicted molar refractivity (Wildman–Crippen MR) is 62.1 cm³/mol. The van der Waals surface area contributed by atoms with Crippen molar-refractivity contribution in [2.75, 3.05) is 13.1 Å². The average Bonchev–Trinajstić information content (AvgIpc) is 2.89. The van der Waals surface area contributed by atoms with E-state index in [4.69, 9.17) is 0 Å². The molecule has 1 fully saturated rings. The van der Waals surface area contributed by atoms with Crippen LogP contribution in [0.5, 0.6) is 0 Å². The lowest BCUT2D eigenvalue weighted by Gasteiger charge is -2.12. The summed E-state index contributed by atoms with van der Waals surface area (Å²) in [6.45, 7) is 2.34. The molecular weight excluding hydrogens is 240 g/mol. The topological polar surface area (TPSA) is 76.0 Å². The van der Waals surface area contributed by atoms with Gasteiger partial charge in [0.2, 0.25) is 0 Å². The van der Waals surface area contributed by atoms with Gasteiger partial charge in [-0.1, -0.05) is 0 Å². The smallest absolute Gasteiger partial charge is 0.258 e. The van der Waals surface area contributed by atoms with Crippen molar-refractivity contribution in [2.24, 2.45) is 0 Å². The van der Waals surface area contributed by atoms with Gasteiger partial charge >= 0.3 is 0 Å². The molecule has 3 rings (SSSR count). The number of hydrogen-bond donors (Lipinski definition) is 2. The number of rotatable bonds is 3. The van der Waals surface area contributed by atoms with E-state index in [1.54, 1.807) is 0 Å². The minimum atomic E-state index is -3.42. The van der Waals surface area contributed by atoms with E-state index in [0.29, 0.717) is 11.6 Å². The lowest BCUT2D eigenvalue weighted by molar-refractivity contribution is 0.545. The molecule has 2 aliphatic rings. The Hall–Kier alpha value is -0.920. The summed E-state index contributed by atoms with van der Waals surface area (Å²) in [5.74, 6) is 0.884. The summed E-state index contributed by atoms with van der Waals surface area (Å²) in [4.78, 5) is 4.17. The second-order valence-electron chi connectivity index (χ2n) is 4.58. The quantitative estimate of drug-likeness (QED) is 0.762. The minimum absolute atomic E-state index is 0.00699. The Kier molecular flexibility index (Phi) is 2.68. The molecule has 0 spiro atoms. The summed E-state index contributed by atoms with van der Waals surface area (Å²) in [5, 5.41) is 3.46. The normalized spacial score (nSPS) is 24.1. The number of sulfonamides is 1. The van der Waals surface area contributed by atoms with Crippen LogP contribution in [0.25, 0.3) is 0 Å². The standard InChI is InChI=1S/C10H16N4O2S/c15-17(16,13-8-3-4-11-6-8)10-7-12-9-2-1-5-14(9)10/h7-8,11,13H,1-6H2. The molecule has 1 aromatic heterocycles. The fourth-order valence-electron chi connectivity index (χ4n) is 2.48. The lowest BCUT2D eigenvalue weighted by Crippen LogP contribution is -2.37. The first-order valence-electron chi connectivity index (χ1n) is 5.94. The summed E-state index contributed by atoms with van der Waals surface area (Å²) >= 11 is 0. The zero-order valence-corrected chi connectivity index (χ0v) is 10.3. The number of aromatic nitrogens is 2. The summed E-state index contributed by atoms with van der Waals surface area (Å²) in [6, 6.07) is 0.00699. The molecule has 7 heteroatoms. The van der Waals surface area contributed by atoms with Crippen LogP contribution in [-0.4, -0.2) is 37.1 Å². The number of hydrogen-bond acceptors (Lipinski definition) is 4. The number of imidazole rings is 1. The maximum Gasteiger partial charge on any atom is 0.258 e. The Morgan fingerprint density at radius 3 is 3.18 bits per heavy atom. The van der Waals surface area contributed by atoms with Gasteiger partial charge in [0.15, 0.2) is 5.03 Å². The van der Waals surface area contributed by atoms with Gasteiger partial charge < -0.3 is 9.88 Å². The molecule has 3 heterocycles. The van der Waals surface area contributed by atoms with Crippen LogP contribution < -0.4 is 10.0 Å². The molecule has 0 amide bonds. The van der Waals surface area contributed by atoms with Gasteiger partial charge in [0, 0.05) is 25.6 Å². The first-order valence-corrected chi connectivity index (χ1v) is 7.42. The van der Waals surface area contributed by atoms with E-state index in [0.717, 1.165) is 38.2 Å². The van der Waals surface area contributed by atoms with Gasteiger partial charge in [-0.3, -0.25) is 0 Å². The van der Waals surface area contributed by atoms with E-state index >= 15 is 0 Å². The van der Waals surface area contributed by atoms with E-state index in [-0.39, 0.29) is 6.04 Å². The Morgan fingerprint density at radius 2 is 2.41 bits per heavy atom. The molecule has 17 heavy (non-hydrogen) atoms. The van der Waals surface area contributed by atoms with Crippen molar-refractivity contribution in [2.45, 2.75) is 36.9 Å². The third kappa shape index (κ3) is 1.98. The van der Waals surface area contributed by atoms with E-state index in [1.165, 1.54) is 6.20 Å². The molecule has 0 aromatic carbocycles. The molecule has 1 saturated heterocycles. The molecule has 1 unspecified atom stereocenters. The Labute approximate surface area is 100 Å². The van der Waals surface area contributed by atoms with E-state index in [1.807, 2.05) is 4.57 Å². The van der Waals surface area contributed by atoms with E-state index in [2.05, 4.69) is 15.0 Å². The highest BCUT2D eigenvalue weighted by molar-refractivity contribution is 7.89. The maximum absolute atomic E-state index is 12.2. The first-order chi connectivity index (χ1) is 8.17. The fourth-order valence-corrected chi connectivity index (χ4v) is 3.92. The third-order valence-electron chi connectivity index (χ3n) is 3.34. The predicted octanol–water partition coefficient (Wildman–Crippen LogP) is -0.530. The molecule has 1 aromatic rings. The van der Waals surface area contributed by atoms with Gasteiger partial charge in [0.1, 0.15) is 5.82 Å². The molecule has 2 aliphatic heterocycles. The highest BCUT2D eigenvalue weighted by Gasteiger charge is 2.28. The van der Waals surface area contributed by atoms with Crippen molar-refractivity contribution in [3.8, 4) is 0 Å². The largest absolute Gasteiger partial charge is 0.318 e. The number of nitrogens with one attached hydrogen (secondary N) is 2.